The number of thiophene rings is 1. The number of halogens is 2. The summed E-state index contributed by atoms with van der Waals surface area (Å²) in [6, 6.07) is 5.76. The van der Waals surface area contributed by atoms with Gasteiger partial charge in [-0.1, -0.05) is 13.8 Å². The summed E-state index contributed by atoms with van der Waals surface area (Å²) >= 11 is 1.05. The number of carbonyl (C=O) groups excluding carboxylic acids is 2. The van der Waals surface area contributed by atoms with Gasteiger partial charge >= 0.3 is 0 Å². The third-order valence-electron chi connectivity index (χ3n) is 6.13. The van der Waals surface area contributed by atoms with Crippen LogP contribution >= 0.6 is 11.3 Å². The molecule has 3 rings (SSSR count). The number of nitro groups is 1. The van der Waals surface area contributed by atoms with Crippen LogP contribution in [0.15, 0.2) is 69.9 Å². The highest BCUT2D eigenvalue weighted by atomic mass is 32.1. The lowest BCUT2D eigenvalue weighted by Crippen LogP contribution is -2.34. The van der Waals surface area contributed by atoms with Crippen molar-refractivity contribution in [2.75, 3.05) is 39.7 Å². The maximum Gasteiger partial charge on any atom is 0.269 e. The molecule has 2 amide bonds. The minimum absolute atomic E-state index is 0.0290. The lowest BCUT2D eigenvalue weighted by molar-refractivity contribution is -0.384. The Morgan fingerprint density at radius 2 is 1.84 bits per heavy atom. The molecule has 0 spiro atoms. The fourth-order valence-corrected chi connectivity index (χ4v) is 5.50. The maximum atomic E-state index is 14.9. The number of methoxy groups -OCH3 is 1. The van der Waals surface area contributed by atoms with Gasteiger partial charge in [0, 0.05) is 61.5 Å². The topological polar surface area (TPSA) is 130 Å². The van der Waals surface area contributed by atoms with Gasteiger partial charge in [0.1, 0.15) is 16.7 Å². The van der Waals surface area contributed by atoms with Crippen LogP contribution in [0.1, 0.15) is 42.6 Å². The quantitative estimate of drug-likeness (QED) is 0.104. The number of carbonyl (C=O) groups is 2. The molecule has 1 aliphatic carbocycles. The Morgan fingerprint density at radius 3 is 2.36 bits per heavy atom. The molecule has 1 heterocycles. The summed E-state index contributed by atoms with van der Waals surface area (Å²) in [4.78, 5) is 41.3. The molecule has 0 radical (unpaired) electrons. The number of hydrogen-bond acceptors (Lipinski definition) is 9. The van der Waals surface area contributed by atoms with Gasteiger partial charge in [0.05, 0.1) is 24.1 Å². The third kappa shape index (κ3) is 8.74. The zero-order valence-corrected chi connectivity index (χ0v) is 26.3. The van der Waals surface area contributed by atoms with Crippen LogP contribution in [0.2, 0.25) is 0 Å². The first kappa shape index (κ1) is 35.6. The summed E-state index contributed by atoms with van der Waals surface area (Å²) < 4.78 is 34.8. The Balaban J connectivity index is 0.00000330. The van der Waals surface area contributed by atoms with Crippen molar-refractivity contribution < 1.29 is 28.0 Å². The number of nitro benzene ring substituents is 1. The van der Waals surface area contributed by atoms with E-state index < -0.39 is 34.9 Å². The van der Waals surface area contributed by atoms with Gasteiger partial charge in [-0.3, -0.25) is 24.6 Å². The van der Waals surface area contributed by atoms with Crippen molar-refractivity contribution in [2.24, 2.45) is 10.2 Å². The van der Waals surface area contributed by atoms with E-state index in [1.54, 1.807) is 26.2 Å². The summed E-state index contributed by atoms with van der Waals surface area (Å²) in [6.07, 6.45) is 3.69. The molecule has 0 saturated carbocycles. The van der Waals surface area contributed by atoms with Crippen LogP contribution in [0.3, 0.4) is 0 Å². The Kier molecular flexibility index (Phi) is 13.7. The molecular formula is C30H36F2N6O5S. The number of ether oxygens (including phenoxy) is 1. The number of non-ortho nitro benzene ring substituents is 1. The number of amides is 2. The van der Waals surface area contributed by atoms with Crippen LogP contribution in [0, 0.1) is 10.1 Å². The zero-order chi connectivity index (χ0) is 33.0. The summed E-state index contributed by atoms with van der Waals surface area (Å²) in [5.41, 5.74) is 0.783. The van der Waals surface area contributed by atoms with Crippen molar-refractivity contribution in [3.8, 4) is 10.4 Å². The average molecular weight is 631 g/mol. The Morgan fingerprint density at radius 1 is 1.18 bits per heavy atom. The van der Waals surface area contributed by atoms with E-state index in [9.17, 15) is 28.5 Å². The van der Waals surface area contributed by atoms with Gasteiger partial charge in [-0.25, -0.2) is 8.78 Å². The third-order valence-corrected chi connectivity index (χ3v) is 7.44. The van der Waals surface area contributed by atoms with Crippen molar-refractivity contribution in [3.63, 3.8) is 0 Å². The minimum atomic E-state index is -0.794. The summed E-state index contributed by atoms with van der Waals surface area (Å²) in [6.45, 7) is 6.98. The smallest absolute Gasteiger partial charge is 0.269 e. The average Bonchev–Trinajstić information content (AvgIpc) is 3.37. The van der Waals surface area contributed by atoms with Gasteiger partial charge < -0.3 is 15.0 Å². The first-order chi connectivity index (χ1) is 21.0. The van der Waals surface area contributed by atoms with Crippen LogP contribution in [0.4, 0.5) is 19.5 Å². The van der Waals surface area contributed by atoms with Crippen LogP contribution < -0.4 is 10.2 Å². The van der Waals surface area contributed by atoms with E-state index in [-0.39, 0.29) is 47.1 Å². The van der Waals surface area contributed by atoms with Crippen LogP contribution in [-0.4, -0.2) is 69.1 Å². The van der Waals surface area contributed by atoms with Gasteiger partial charge in [0.2, 0.25) is 5.90 Å². The van der Waals surface area contributed by atoms with Crippen LogP contribution in [0.5, 0.6) is 0 Å². The highest BCUT2D eigenvalue weighted by Crippen LogP contribution is 2.44. The van der Waals surface area contributed by atoms with E-state index in [1.165, 1.54) is 38.4 Å². The fraction of sp³-hybridized carbons (Fsp3) is 0.333. The van der Waals surface area contributed by atoms with Crippen molar-refractivity contribution in [3.05, 3.63) is 81.0 Å². The Bertz CT molecular complexity index is 1500. The predicted octanol–water partition coefficient (Wildman–Crippen LogP) is 6.19. The van der Waals surface area contributed by atoms with Gasteiger partial charge in [-0.2, -0.15) is 5.10 Å². The maximum absolute atomic E-state index is 14.9. The molecule has 14 heteroatoms. The van der Waals surface area contributed by atoms with E-state index in [4.69, 9.17) is 4.74 Å². The number of allylic oxidation sites excluding steroid dienone is 2. The first-order valence-corrected chi connectivity index (χ1v) is 14.4. The Labute approximate surface area is 259 Å². The molecular weight excluding hydrogens is 594 g/mol. The second-order valence-corrected chi connectivity index (χ2v) is 10.2. The van der Waals surface area contributed by atoms with E-state index >= 15 is 0 Å². The van der Waals surface area contributed by atoms with Gasteiger partial charge in [0.25, 0.3) is 17.5 Å². The van der Waals surface area contributed by atoms with E-state index in [1.807, 2.05) is 18.7 Å². The van der Waals surface area contributed by atoms with E-state index in [0.29, 0.717) is 16.0 Å². The zero-order valence-electron chi connectivity index (χ0n) is 25.5. The molecule has 44 heavy (non-hydrogen) atoms. The number of rotatable bonds is 11. The monoisotopic (exact) mass is 630 g/mol. The molecule has 236 valence electrons. The standard InChI is InChI=1S/C28H30F2N6O5S.C2H6/c1-31-27(38)25-20(15-34(3)4)26(17-9-11-18(12-10-17)36(39)40)42-28(25)35(16-19-21(29)7-6-8-22(19)30)24(37)14-13-23(41-5)33-32-2;1-2/h7,9-14H,2,6,8,15-16H2,1,3-5H3,(H,31,38);1-2H3/b14-13-,33-23+;. The van der Waals surface area contributed by atoms with Crippen molar-refractivity contribution in [2.45, 2.75) is 33.2 Å². The van der Waals surface area contributed by atoms with Gasteiger partial charge in [-0.05, 0) is 49.9 Å². The summed E-state index contributed by atoms with van der Waals surface area (Å²) in [5, 5.41) is 21.0. The molecule has 11 nitrogen and oxygen atoms in total. The lowest BCUT2D eigenvalue weighted by atomic mass is 10.0. The molecule has 0 saturated heterocycles. The fourth-order valence-electron chi connectivity index (χ4n) is 4.18. The number of nitrogens with one attached hydrogen (secondary N) is 1. The Hall–Kier alpha value is -4.56. The molecule has 1 aromatic heterocycles. The number of nitrogens with zero attached hydrogens (tertiary/aromatic N) is 5. The molecule has 1 aromatic carbocycles. The molecule has 0 aliphatic heterocycles. The van der Waals surface area contributed by atoms with Gasteiger partial charge in [-0.15, -0.1) is 16.4 Å². The molecule has 1 N–H and O–H groups in total. The second kappa shape index (κ2) is 16.9. The largest absolute Gasteiger partial charge is 0.480 e. The second-order valence-electron chi connectivity index (χ2n) is 9.23. The molecule has 0 unspecified atom stereocenters. The minimum Gasteiger partial charge on any atom is -0.480 e. The van der Waals surface area contributed by atoms with Crippen molar-refractivity contribution in [1.29, 1.82) is 0 Å². The van der Waals surface area contributed by atoms with Crippen LogP contribution in [-0.2, 0) is 16.1 Å². The van der Waals surface area contributed by atoms with E-state index in [2.05, 4.69) is 22.2 Å². The number of hydrogen-bond donors (Lipinski definition) is 1. The molecule has 0 fully saturated rings. The first-order valence-electron chi connectivity index (χ1n) is 13.6. The number of anilines is 1. The highest BCUT2D eigenvalue weighted by Gasteiger charge is 2.32. The van der Waals surface area contributed by atoms with Crippen LogP contribution in [0.25, 0.3) is 10.4 Å². The highest BCUT2D eigenvalue weighted by molar-refractivity contribution is 7.20. The molecule has 0 bridgehead atoms. The predicted molar refractivity (Wildman–Crippen MR) is 171 cm³/mol. The SMILES string of the molecule is C=N/N=C(\C=C/C(=O)N(CC1=C(F)CCC=C1F)c1sc(-c2ccc([N+](=O)[O-])cc2)c(CN(C)C)c1C(=O)NC)OC.CC. The van der Waals surface area contributed by atoms with E-state index in [0.717, 1.165) is 22.3 Å². The van der Waals surface area contributed by atoms with Crippen molar-refractivity contribution >= 4 is 46.5 Å². The lowest BCUT2D eigenvalue weighted by Gasteiger charge is -2.24. The summed E-state index contributed by atoms with van der Waals surface area (Å²) in [7, 11) is 6.32. The molecule has 1 aliphatic rings. The normalized spacial score (nSPS) is 13.3. The number of benzene rings is 1. The molecule has 0 atom stereocenters. The van der Waals surface area contributed by atoms with Gasteiger partial charge in [0.15, 0.2) is 0 Å². The molecule has 2 aromatic rings. The van der Waals surface area contributed by atoms with Crippen molar-refractivity contribution in [1.82, 2.24) is 10.2 Å². The summed E-state index contributed by atoms with van der Waals surface area (Å²) in [5.74, 6) is -2.80.